The Morgan fingerprint density at radius 1 is 1.06 bits per heavy atom. The van der Waals surface area contributed by atoms with Crippen LogP contribution in [0.5, 0.6) is 0 Å². The molecule has 86 valence electrons. The van der Waals surface area contributed by atoms with Crippen LogP contribution in [0.1, 0.15) is 10.4 Å². The van der Waals surface area contributed by atoms with E-state index in [4.69, 9.17) is 0 Å². The molecule has 0 aliphatic carbocycles. The van der Waals surface area contributed by atoms with E-state index in [1.807, 2.05) is 48.5 Å². The number of fused-ring (bicyclic) bond motifs is 2. The van der Waals surface area contributed by atoms with Crippen LogP contribution in [0, 0.1) is 0 Å². The first-order valence-corrected chi connectivity index (χ1v) is 5.75. The van der Waals surface area contributed by atoms with Crippen molar-refractivity contribution < 1.29 is 4.79 Å². The third kappa shape index (κ3) is 1.59. The molecule has 0 bridgehead atoms. The highest BCUT2D eigenvalue weighted by molar-refractivity contribution is 6.14. The summed E-state index contributed by atoms with van der Waals surface area (Å²) in [5.74, 6) is -0.0716. The summed E-state index contributed by atoms with van der Waals surface area (Å²) in [7, 11) is 0. The largest absolute Gasteiger partial charge is 0.289 e. The Bertz CT molecular complexity index is 774. The van der Waals surface area contributed by atoms with Crippen molar-refractivity contribution in [1.29, 1.82) is 0 Å². The third-order valence-electron chi connectivity index (χ3n) is 3.01. The standard InChI is InChI=1S/C16H11NO/c1-2-16(18)12-7-5-9-15-13(12)10-11-6-3-4-8-14(11)17-15/h2-10H,1H2. The van der Waals surface area contributed by atoms with Gasteiger partial charge in [-0.25, -0.2) is 4.98 Å². The van der Waals surface area contributed by atoms with Crippen LogP contribution in [0.15, 0.2) is 61.2 Å². The molecule has 0 aliphatic rings. The van der Waals surface area contributed by atoms with Crippen molar-refractivity contribution in [3.63, 3.8) is 0 Å². The molecule has 1 heterocycles. The lowest BCUT2D eigenvalue weighted by Gasteiger charge is -2.05. The minimum atomic E-state index is -0.0716. The summed E-state index contributed by atoms with van der Waals surface area (Å²) >= 11 is 0. The van der Waals surface area contributed by atoms with E-state index < -0.39 is 0 Å². The molecule has 1 aromatic heterocycles. The fourth-order valence-corrected chi connectivity index (χ4v) is 2.12. The first-order chi connectivity index (χ1) is 8.79. The molecular formula is C16H11NO. The normalized spacial score (nSPS) is 10.7. The summed E-state index contributed by atoms with van der Waals surface area (Å²) in [5, 5.41) is 1.91. The van der Waals surface area contributed by atoms with E-state index in [1.165, 1.54) is 6.08 Å². The Hall–Kier alpha value is -2.48. The smallest absolute Gasteiger partial charge is 0.185 e. The van der Waals surface area contributed by atoms with Gasteiger partial charge in [-0.2, -0.15) is 0 Å². The maximum absolute atomic E-state index is 11.8. The number of allylic oxidation sites excluding steroid dienone is 1. The van der Waals surface area contributed by atoms with E-state index >= 15 is 0 Å². The van der Waals surface area contributed by atoms with Crippen LogP contribution in [-0.4, -0.2) is 10.8 Å². The van der Waals surface area contributed by atoms with E-state index in [2.05, 4.69) is 11.6 Å². The van der Waals surface area contributed by atoms with E-state index in [-0.39, 0.29) is 5.78 Å². The summed E-state index contributed by atoms with van der Waals surface area (Å²) in [6.07, 6.45) is 1.34. The zero-order valence-electron chi connectivity index (χ0n) is 9.76. The predicted molar refractivity (Wildman–Crippen MR) is 73.8 cm³/mol. The lowest BCUT2D eigenvalue weighted by atomic mass is 10.0. The van der Waals surface area contributed by atoms with Crippen molar-refractivity contribution in [3.05, 3.63) is 66.7 Å². The van der Waals surface area contributed by atoms with E-state index in [9.17, 15) is 4.79 Å². The van der Waals surface area contributed by atoms with Crippen molar-refractivity contribution in [3.8, 4) is 0 Å². The molecule has 0 fully saturated rings. The molecule has 0 spiro atoms. The fraction of sp³-hybridized carbons (Fsp3) is 0. The van der Waals surface area contributed by atoms with Gasteiger partial charge in [-0.15, -0.1) is 0 Å². The first kappa shape index (κ1) is 10.7. The molecule has 0 saturated heterocycles. The van der Waals surface area contributed by atoms with Gasteiger partial charge in [0.05, 0.1) is 11.0 Å². The van der Waals surface area contributed by atoms with Crippen LogP contribution in [-0.2, 0) is 0 Å². The number of hydrogen-bond donors (Lipinski definition) is 0. The van der Waals surface area contributed by atoms with Gasteiger partial charge in [-0.3, -0.25) is 4.79 Å². The Morgan fingerprint density at radius 2 is 1.83 bits per heavy atom. The van der Waals surface area contributed by atoms with Gasteiger partial charge in [-0.1, -0.05) is 36.9 Å². The van der Waals surface area contributed by atoms with Crippen molar-refractivity contribution in [2.24, 2.45) is 0 Å². The van der Waals surface area contributed by atoms with E-state index in [0.717, 1.165) is 21.8 Å². The highest BCUT2D eigenvalue weighted by atomic mass is 16.1. The molecular weight excluding hydrogens is 222 g/mol. The Balaban J connectivity index is 2.43. The van der Waals surface area contributed by atoms with Gasteiger partial charge in [0.2, 0.25) is 0 Å². The lowest BCUT2D eigenvalue weighted by Crippen LogP contribution is -1.96. The molecule has 0 aliphatic heterocycles. The number of carbonyl (C=O) groups is 1. The van der Waals surface area contributed by atoms with Gasteiger partial charge < -0.3 is 0 Å². The SMILES string of the molecule is C=CC(=O)c1cccc2nc3ccccc3cc12. The number of pyridine rings is 1. The van der Waals surface area contributed by atoms with Gasteiger partial charge in [0.25, 0.3) is 0 Å². The number of hydrogen-bond acceptors (Lipinski definition) is 2. The average molecular weight is 233 g/mol. The highest BCUT2D eigenvalue weighted by Gasteiger charge is 2.08. The molecule has 2 heteroatoms. The second kappa shape index (κ2) is 4.08. The van der Waals surface area contributed by atoms with Crippen LogP contribution in [0.4, 0.5) is 0 Å². The minimum absolute atomic E-state index is 0.0716. The van der Waals surface area contributed by atoms with Crippen LogP contribution in [0.2, 0.25) is 0 Å². The molecule has 0 N–H and O–H groups in total. The molecule has 0 radical (unpaired) electrons. The monoisotopic (exact) mass is 233 g/mol. The molecule has 18 heavy (non-hydrogen) atoms. The van der Waals surface area contributed by atoms with Crippen molar-refractivity contribution in [1.82, 2.24) is 4.98 Å². The maximum atomic E-state index is 11.8. The Morgan fingerprint density at radius 3 is 2.67 bits per heavy atom. The molecule has 0 atom stereocenters. The number of carbonyl (C=O) groups excluding carboxylic acids is 1. The number of ketones is 1. The maximum Gasteiger partial charge on any atom is 0.185 e. The van der Waals surface area contributed by atoms with Gasteiger partial charge >= 0.3 is 0 Å². The fourth-order valence-electron chi connectivity index (χ4n) is 2.12. The Kier molecular flexibility index (Phi) is 2.41. The number of nitrogens with zero attached hydrogens (tertiary/aromatic N) is 1. The molecule has 3 rings (SSSR count). The van der Waals surface area contributed by atoms with E-state index in [0.29, 0.717) is 5.56 Å². The second-order valence-corrected chi connectivity index (χ2v) is 4.12. The summed E-state index contributed by atoms with van der Waals surface area (Å²) in [6.45, 7) is 3.54. The molecule has 2 nitrogen and oxygen atoms in total. The zero-order valence-corrected chi connectivity index (χ0v) is 9.76. The number of aromatic nitrogens is 1. The number of rotatable bonds is 2. The molecule has 2 aromatic carbocycles. The molecule has 3 aromatic rings. The van der Waals surface area contributed by atoms with Gasteiger partial charge in [0.1, 0.15) is 0 Å². The third-order valence-corrected chi connectivity index (χ3v) is 3.01. The van der Waals surface area contributed by atoms with Gasteiger partial charge in [0.15, 0.2) is 5.78 Å². The first-order valence-electron chi connectivity index (χ1n) is 5.75. The quantitative estimate of drug-likeness (QED) is 0.383. The van der Waals surface area contributed by atoms with Crippen LogP contribution in [0.3, 0.4) is 0 Å². The molecule has 0 unspecified atom stereocenters. The van der Waals surface area contributed by atoms with E-state index in [1.54, 1.807) is 0 Å². The Labute approximate surface area is 105 Å². The molecule has 0 saturated carbocycles. The van der Waals surface area contributed by atoms with Crippen molar-refractivity contribution in [2.45, 2.75) is 0 Å². The van der Waals surface area contributed by atoms with Crippen molar-refractivity contribution in [2.75, 3.05) is 0 Å². The summed E-state index contributed by atoms with van der Waals surface area (Å²) in [6, 6.07) is 15.5. The predicted octanol–water partition coefficient (Wildman–Crippen LogP) is 3.76. The summed E-state index contributed by atoms with van der Waals surface area (Å²) in [5.41, 5.74) is 2.43. The van der Waals surface area contributed by atoms with Crippen LogP contribution < -0.4 is 0 Å². The second-order valence-electron chi connectivity index (χ2n) is 4.12. The molecule has 0 amide bonds. The summed E-state index contributed by atoms with van der Waals surface area (Å²) < 4.78 is 0. The van der Waals surface area contributed by atoms with Crippen LogP contribution >= 0.6 is 0 Å². The average Bonchev–Trinajstić information content (AvgIpc) is 2.43. The lowest BCUT2D eigenvalue weighted by molar-refractivity contribution is 0.104. The number of benzene rings is 2. The van der Waals surface area contributed by atoms with Gasteiger partial charge in [0, 0.05) is 16.3 Å². The highest BCUT2D eigenvalue weighted by Crippen LogP contribution is 2.23. The van der Waals surface area contributed by atoms with Crippen molar-refractivity contribution >= 4 is 27.6 Å². The van der Waals surface area contributed by atoms with Crippen LogP contribution in [0.25, 0.3) is 21.8 Å². The minimum Gasteiger partial charge on any atom is -0.289 e. The zero-order chi connectivity index (χ0) is 12.5. The topological polar surface area (TPSA) is 30.0 Å². The summed E-state index contributed by atoms with van der Waals surface area (Å²) in [4.78, 5) is 16.4. The number of para-hydroxylation sites is 1. The van der Waals surface area contributed by atoms with Gasteiger partial charge in [-0.05, 0) is 24.3 Å².